The summed E-state index contributed by atoms with van der Waals surface area (Å²) in [6, 6.07) is 10.0. The molecule has 0 saturated heterocycles. The van der Waals surface area contributed by atoms with E-state index in [-0.39, 0.29) is 17.9 Å². The Kier molecular flexibility index (Phi) is 6.11. The molecule has 174 valence electrons. The number of benzene rings is 2. The van der Waals surface area contributed by atoms with E-state index in [1.165, 1.54) is 26.4 Å². The van der Waals surface area contributed by atoms with Crippen molar-refractivity contribution in [2.45, 2.75) is 24.7 Å². The molecular formula is C22H20ClF3N4O3. The van der Waals surface area contributed by atoms with Crippen LogP contribution in [-0.2, 0) is 0 Å². The summed E-state index contributed by atoms with van der Waals surface area (Å²) in [5.41, 5.74) is 0.834. The van der Waals surface area contributed by atoms with Crippen LogP contribution in [0.5, 0.6) is 11.5 Å². The van der Waals surface area contributed by atoms with Gasteiger partial charge in [-0.15, -0.1) is 0 Å². The second-order valence-corrected chi connectivity index (χ2v) is 7.86. The monoisotopic (exact) mass is 480 g/mol. The van der Waals surface area contributed by atoms with Crippen molar-refractivity contribution in [1.29, 1.82) is 0 Å². The van der Waals surface area contributed by atoms with Crippen molar-refractivity contribution in [3.63, 3.8) is 0 Å². The standard InChI is InChI=1S/C22H20ClF3N4O3/c1-32-17-7-6-12(8-18(17)33-2)15-10-19(22(24,25)26)30-20(28-15)11-16(29-30)21(31)27-14-5-3-4-13(23)9-14/h3-9,11,15,19,28H,10H2,1-2H3,(H,27,31)/t15-,19+/m0/s1. The Hall–Kier alpha value is -3.40. The molecule has 7 nitrogen and oxygen atoms in total. The van der Waals surface area contributed by atoms with E-state index >= 15 is 0 Å². The third-order valence-corrected chi connectivity index (χ3v) is 5.55. The first-order valence-corrected chi connectivity index (χ1v) is 10.3. The number of methoxy groups -OCH3 is 2. The van der Waals surface area contributed by atoms with Gasteiger partial charge in [0.1, 0.15) is 5.82 Å². The Morgan fingerprint density at radius 3 is 2.58 bits per heavy atom. The van der Waals surface area contributed by atoms with Crippen LogP contribution in [-0.4, -0.2) is 36.1 Å². The molecule has 0 spiro atoms. The van der Waals surface area contributed by atoms with E-state index in [1.807, 2.05) is 0 Å². The molecule has 2 atom stereocenters. The average molecular weight is 481 g/mol. The molecular weight excluding hydrogens is 461 g/mol. The van der Waals surface area contributed by atoms with Gasteiger partial charge in [0.2, 0.25) is 0 Å². The smallest absolute Gasteiger partial charge is 0.410 e. The van der Waals surface area contributed by atoms with Gasteiger partial charge in [0.25, 0.3) is 5.91 Å². The van der Waals surface area contributed by atoms with E-state index in [4.69, 9.17) is 21.1 Å². The summed E-state index contributed by atoms with van der Waals surface area (Å²) in [6.45, 7) is 0. The fraction of sp³-hybridized carbons (Fsp3) is 0.273. The minimum atomic E-state index is -4.57. The number of rotatable bonds is 5. The molecule has 1 aromatic heterocycles. The third-order valence-electron chi connectivity index (χ3n) is 5.31. The van der Waals surface area contributed by atoms with E-state index in [2.05, 4.69) is 15.7 Å². The highest BCUT2D eigenvalue weighted by Gasteiger charge is 2.47. The van der Waals surface area contributed by atoms with Gasteiger partial charge in [-0.1, -0.05) is 23.7 Å². The van der Waals surface area contributed by atoms with Crippen molar-refractivity contribution in [2.75, 3.05) is 24.9 Å². The molecule has 0 unspecified atom stereocenters. The molecule has 1 aliphatic heterocycles. The van der Waals surface area contributed by atoms with Crippen LogP contribution >= 0.6 is 11.6 Å². The topological polar surface area (TPSA) is 77.4 Å². The molecule has 2 aromatic carbocycles. The summed E-state index contributed by atoms with van der Waals surface area (Å²) in [7, 11) is 2.93. The molecule has 4 rings (SSSR count). The van der Waals surface area contributed by atoms with Gasteiger partial charge in [-0.05, 0) is 35.9 Å². The summed E-state index contributed by atoms with van der Waals surface area (Å²) in [6.07, 6.45) is -4.89. The number of hydrogen-bond donors (Lipinski definition) is 2. The number of aromatic nitrogens is 2. The van der Waals surface area contributed by atoms with Gasteiger partial charge in [0, 0.05) is 23.2 Å². The second-order valence-electron chi connectivity index (χ2n) is 7.43. The Morgan fingerprint density at radius 2 is 1.91 bits per heavy atom. The van der Waals surface area contributed by atoms with Crippen molar-refractivity contribution in [3.8, 4) is 11.5 Å². The van der Waals surface area contributed by atoms with Gasteiger partial charge in [0.15, 0.2) is 23.2 Å². The largest absolute Gasteiger partial charge is 0.493 e. The first kappa shape index (κ1) is 22.8. The summed E-state index contributed by atoms with van der Waals surface area (Å²) >= 11 is 5.92. The molecule has 1 aliphatic rings. The van der Waals surface area contributed by atoms with E-state index in [0.717, 1.165) is 4.68 Å². The summed E-state index contributed by atoms with van der Waals surface area (Å²) in [5.74, 6) is 0.305. The maximum Gasteiger partial charge on any atom is 0.410 e. The fourth-order valence-electron chi connectivity index (χ4n) is 3.73. The van der Waals surface area contributed by atoms with Gasteiger partial charge < -0.3 is 20.1 Å². The Balaban J connectivity index is 1.65. The Morgan fingerprint density at radius 1 is 1.15 bits per heavy atom. The molecule has 0 bridgehead atoms. The van der Waals surface area contributed by atoms with Crippen molar-refractivity contribution >= 4 is 29.0 Å². The van der Waals surface area contributed by atoms with Crippen LogP contribution in [0.15, 0.2) is 48.5 Å². The summed E-state index contributed by atoms with van der Waals surface area (Å²) in [5, 5.41) is 10.0. The first-order chi connectivity index (χ1) is 15.7. The highest BCUT2D eigenvalue weighted by Crippen LogP contribution is 2.44. The molecule has 3 aromatic rings. The number of nitrogens with one attached hydrogen (secondary N) is 2. The quantitative estimate of drug-likeness (QED) is 0.506. The summed E-state index contributed by atoms with van der Waals surface area (Å²) in [4.78, 5) is 12.6. The Bertz CT molecular complexity index is 1180. The van der Waals surface area contributed by atoms with Gasteiger partial charge in [-0.2, -0.15) is 18.3 Å². The minimum Gasteiger partial charge on any atom is -0.493 e. The maximum absolute atomic E-state index is 13.9. The fourth-order valence-corrected chi connectivity index (χ4v) is 3.92. The first-order valence-electron chi connectivity index (χ1n) is 9.91. The predicted molar refractivity (Wildman–Crippen MR) is 117 cm³/mol. The number of ether oxygens (including phenoxy) is 2. The molecule has 0 radical (unpaired) electrons. The molecule has 0 fully saturated rings. The van der Waals surface area contributed by atoms with Crippen LogP contribution in [0.3, 0.4) is 0 Å². The van der Waals surface area contributed by atoms with Crippen LogP contribution in [0.25, 0.3) is 0 Å². The number of carbonyl (C=O) groups is 1. The van der Waals surface area contributed by atoms with Crippen LogP contribution in [0.2, 0.25) is 5.02 Å². The van der Waals surface area contributed by atoms with E-state index in [1.54, 1.807) is 36.4 Å². The lowest BCUT2D eigenvalue weighted by atomic mass is 9.96. The molecule has 33 heavy (non-hydrogen) atoms. The molecule has 2 N–H and O–H groups in total. The molecule has 0 saturated carbocycles. The van der Waals surface area contributed by atoms with Gasteiger partial charge in [0.05, 0.1) is 20.3 Å². The molecule has 11 heteroatoms. The number of nitrogens with zero attached hydrogens (tertiary/aromatic N) is 2. The molecule has 1 amide bonds. The average Bonchev–Trinajstić information content (AvgIpc) is 3.21. The highest BCUT2D eigenvalue weighted by atomic mass is 35.5. The third kappa shape index (κ3) is 4.70. The van der Waals surface area contributed by atoms with Crippen LogP contribution in [0.4, 0.5) is 24.7 Å². The van der Waals surface area contributed by atoms with Crippen LogP contribution in [0.1, 0.15) is 34.6 Å². The normalized spacial score (nSPS) is 17.6. The second kappa shape index (κ2) is 8.86. The highest BCUT2D eigenvalue weighted by molar-refractivity contribution is 6.30. The zero-order valence-corrected chi connectivity index (χ0v) is 18.4. The van der Waals surface area contributed by atoms with Crippen LogP contribution < -0.4 is 20.1 Å². The number of amides is 1. The van der Waals surface area contributed by atoms with Crippen molar-refractivity contribution in [1.82, 2.24) is 9.78 Å². The summed E-state index contributed by atoms with van der Waals surface area (Å²) < 4.78 is 53.1. The van der Waals surface area contributed by atoms with Crippen molar-refractivity contribution in [3.05, 3.63) is 64.8 Å². The predicted octanol–water partition coefficient (Wildman–Crippen LogP) is 5.47. The lowest BCUT2D eigenvalue weighted by Gasteiger charge is -2.33. The number of carbonyl (C=O) groups excluding carboxylic acids is 1. The van der Waals surface area contributed by atoms with Gasteiger partial charge in [-0.3, -0.25) is 4.79 Å². The molecule has 2 heterocycles. The zero-order valence-electron chi connectivity index (χ0n) is 17.6. The number of halogens is 4. The number of fused-ring (bicyclic) bond motifs is 1. The zero-order chi connectivity index (χ0) is 23.8. The van der Waals surface area contributed by atoms with Crippen molar-refractivity contribution < 1.29 is 27.4 Å². The number of hydrogen-bond acceptors (Lipinski definition) is 5. The minimum absolute atomic E-state index is 0.0830. The van der Waals surface area contributed by atoms with Gasteiger partial charge >= 0.3 is 6.18 Å². The van der Waals surface area contributed by atoms with E-state index in [0.29, 0.717) is 27.8 Å². The van der Waals surface area contributed by atoms with E-state index < -0.39 is 24.2 Å². The van der Waals surface area contributed by atoms with Gasteiger partial charge in [-0.25, -0.2) is 4.68 Å². The van der Waals surface area contributed by atoms with Crippen LogP contribution in [0, 0.1) is 0 Å². The number of anilines is 2. The molecule has 0 aliphatic carbocycles. The number of alkyl halides is 3. The Labute approximate surface area is 192 Å². The maximum atomic E-state index is 13.9. The lowest BCUT2D eigenvalue weighted by Crippen LogP contribution is -2.35. The van der Waals surface area contributed by atoms with Crippen molar-refractivity contribution in [2.24, 2.45) is 0 Å². The lowest BCUT2D eigenvalue weighted by molar-refractivity contribution is -0.173. The SMILES string of the molecule is COc1ccc([C@@H]2C[C@H](C(F)(F)F)n3nc(C(=O)Nc4cccc(Cl)c4)cc3N2)cc1OC. The van der Waals surface area contributed by atoms with E-state index in [9.17, 15) is 18.0 Å².